The maximum atomic E-state index is 14.0. The molecule has 24 heavy (non-hydrogen) atoms. The Labute approximate surface area is 145 Å². The molecule has 5 heteroatoms. The Morgan fingerprint density at radius 3 is 2.54 bits per heavy atom. The van der Waals surface area contributed by atoms with Gasteiger partial charge in [0.1, 0.15) is 5.82 Å². The van der Waals surface area contributed by atoms with Crippen LogP contribution in [0.1, 0.15) is 29.8 Å². The van der Waals surface area contributed by atoms with E-state index in [9.17, 15) is 9.18 Å². The van der Waals surface area contributed by atoms with Gasteiger partial charge in [0, 0.05) is 5.75 Å². The zero-order valence-electron chi connectivity index (χ0n) is 13.7. The molecule has 0 aromatic heterocycles. The van der Waals surface area contributed by atoms with Crippen LogP contribution < -0.4 is 0 Å². The molecule has 0 spiro atoms. The van der Waals surface area contributed by atoms with Crippen LogP contribution in [0.5, 0.6) is 0 Å². The van der Waals surface area contributed by atoms with E-state index >= 15 is 0 Å². The summed E-state index contributed by atoms with van der Waals surface area (Å²) in [7, 11) is 0. The van der Waals surface area contributed by atoms with Crippen LogP contribution in [-0.2, 0) is 6.54 Å². The van der Waals surface area contributed by atoms with E-state index in [-0.39, 0.29) is 11.5 Å². The Kier molecular flexibility index (Phi) is 4.71. The van der Waals surface area contributed by atoms with Crippen molar-refractivity contribution in [2.45, 2.75) is 25.9 Å². The van der Waals surface area contributed by atoms with Crippen LogP contribution in [-0.4, -0.2) is 27.3 Å². The zero-order valence-corrected chi connectivity index (χ0v) is 14.5. The lowest BCUT2D eigenvalue weighted by Gasteiger charge is -2.30. The van der Waals surface area contributed by atoms with Crippen molar-refractivity contribution >= 4 is 22.8 Å². The van der Waals surface area contributed by atoms with Crippen molar-refractivity contribution in [2.75, 3.05) is 5.75 Å². The van der Waals surface area contributed by atoms with E-state index in [1.54, 1.807) is 17.0 Å². The molecular weight excluding hydrogens is 323 g/mol. The molecule has 1 saturated heterocycles. The summed E-state index contributed by atoms with van der Waals surface area (Å²) >= 11 is 1.54. The van der Waals surface area contributed by atoms with E-state index in [0.717, 1.165) is 11.3 Å². The van der Waals surface area contributed by atoms with E-state index in [4.69, 9.17) is 0 Å². The third-order valence-electron chi connectivity index (χ3n) is 3.90. The van der Waals surface area contributed by atoms with Gasteiger partial charge in [-0.25, -0.2) is 4.39 Å². The fourth-order valence-electron chi connectivity index (χ4n) is 2.60. The van der Waals surface area contributed by atoms with Gasteiger partial charge in [-0.3, -0.25) is 14.7 Å². The van der Waals surface area contributed by atoms with Crippen LogP contribution in [0.2, 0.25) is 0 Å². The van der Waals surface area contributed by atoms with Gasteiger partial charge < -0.3 is 0 Å². The first-order chi connectivity index (χ1) is 11.5. The zero-order chi connectivity index (χ0) is 17.2. The van der Waals surface area contributed by atoms with Crippen molar-refractivity contribution in [3.8, 4) is 0 Å². The first-order valence-corrected chi connectivity index (χ1v) is 8.78. The molecule has 0 saturated carbocycles. The Bertz CT molecular complexity index is 774. The number of aliphatic imine (C=N–C) groups is 1. The molecular formula is C19H19FN2OS. The number of rotatable bonds is 3. The molecule has 1 fully saturated rings. The molecule has 3 rings (SSSR count). The summed E-state index contributed by atoms with van der Waals surface area (Å²) in [4.78, 5) is 19.1. The minimum atomic E-state index is -0.502. The van der Waals surface area contributed by atoms with E-state index < -0.39 is 11.4 Å². The standard InChI is InChI=1S/C19H19FN2OS/c1-19(2)13-24-18(21-12-14-8-4-3-5-9-14)22(19)17(23)15-10-6-7-11-16(15)20/h3-11H,12-13H2,1-2H3. The number of carbonyl (C=O) groups is 1. The van der Waals surface area contributed by atoms with Crippen molar-refractivity contribution in [2.24, 2.45) is 4.99 Å². The molecule has 0 atom stereocenters. The van der Waals surface area contributed by atoms with Gasteiger partial charge in [0.05, 0.1) is 17.6 Å². The van der Waals surface area contributed by atoms with Crippen LogP contribution >= 0.6 is 11.8 Å². The first kappa shape index (κ1) is 16.7. The summed E-state index contributed by atoms with van der Waals surface area (Å²) in [6.07, 6.45) is 0. The average Bonchev–Trinajstić information content (AvgIpc) is 2.88. The van der Waals surface area contributed by atoms with E-state index in [0.29, 0.717) is 11.7 Å². The second-order valence-corrected chi connectivity index (χ2v) is 7.25. The predicted octanol–water partition coefficient (Wildman–Crippen LogP) is 4.35. The average molecular weight is 342 g/mol. The lowest BCUT2D eigenvalue weighted by molar-refractivity contribution is 0.0762. The number of amides is 1. The van der Waals surface area contributed by atoms with Gasteiger partial charge in [-0.2, -0.15) is 0 Å². The normalized spacial score (nSPS) is 18.1. The number of hydrogen-bond donors (Lipinski definition) is 0. The number of nitrogens with zero attached hydrogens (tertiary/aromatic N) is 2. The fourth-order valence-corrected chi connectivity index (χ4v) is 3.83. The highest BCUT2D eigenvalue weighted by Gasteiger charge is 2.42. The second kappa shape index (κ2) is 6.77. The number of carbonyl (C=O) groups excluding carboxylic acids is 1. The smallest absolute Gasteiger partial charge is 0.263 e. The number of benzene rings is 2. The largest absolute Gasteiger partial charge is 0.281 e. The lowest BCUT2D eigenvalue weighted by atomic mass is 10.0. The number of halogens is 1. The highest BCUT2D eigenvalue weighted by atomic mass is 32.2. The minimum Gasteiger partial charge on any atom is -0.281 e. The lowest BCUT2D eigenvalue weighted by Crippen LogP contribution is -2.46. The molecule has 0 N–H and O–H groups in total. The highest BCUT2D eigenvalue weighted by molar-refractivity contribution is 8.14. The summed E-state index contributed by atoms with van der Waals surface area (Å²) in [5.41, 5.74) is 0.758. The van der Waals surface area contributed by atoms with Gasteiger partial charge in [-0.15, -0.1) is 0 Å². The molecule has 1 heterocycles. The summed E-state index contributed by atoms with van der Waals surface area (Å²) in [5.74, 6) is -0.103. The molecule has 1 aliphatic rings. The molecule has 1 amide bonds. The molecule has 2 aromatic rings. The Balaban J connectivity index is 1.90. The first-order valence-electron chi connectivity index (χ1n) is 7.79. The van der Waals surface area contributed by atoms with E-state index in [1.165, 1.54) is 23.9 Å². The van der Waals surface area contributed by atoms with Gasteiger partial charge in [0.25, 0.3) is 5.91 Å². The minimum absolute atomic E-state index is 0.0838. The Morgan fingerprint density at radius 1 is 1.17 bits per heavy atom. The topological polar surface area (TPSA) is 32.7 Å². The number of thioether (sulfide) groups is 1. The number of amidine groups is 1. The van der Waals surface area contributed by atoms with Gasteiger partial charge >= 0.3 is 0 Å². The monoisotopic (exact) mass is 342 g/mol. The molecule has 2 aromatic carbocycles. The van der Waals surface area contributed by atoms with Crippen LogP contribution in [0.4, 0.5) is 4.39 Å². The molecule has 3 nitrogen and oxygen atoms in total. The fraction of sp³-hybridized carbons (Fsp3) is 0.263. The predicted molar refractivity (Wildman–Crippen MR) is 96.7 cm³/mol. The summed E-state index contributed by atoms with van der Waals surface area (Å²) < 4.78 is 14.0. The van der Waals surface area contributed by atoms with Gasteiger partial charge in [0.2, 0.25) is 0 Å². The number of hydrogen-bond acceptors (Lipinski definition) is 3. The Hall–Kier alpha value is -2.14. The van der Waals surface area contributed by atoms with Crippen molar-refractivity contribution in [1.29, 1.82) is 0 Å². The maximum Gasteiger partial charge on any atom is 0.263 e. The van der Waals surface area contributed by atoms with Gasteiger partial charge in [-0.05, 0) is 31.5 Å². The summed E-state index contributed by atoms with van der Waals surface area (Å²) in [6.45, 7) is 4.45. The van der Waals surface area contributed by atoms with Crippen LogP contribution in [0.3, 0.4) is 0 Å². The second-order valence-electron chi connectivity index (χ2n) is 6.31. The van der Waals surface area contributed by atoms with Crippen molar-refractivity contribution in [3.63, 3.8) is 0 Å². The summed E-state index contributed by atoms with van der Waals surface area (Å²) in [6, 6.07) is 16.0. The quantitative estimate of drug-likeness (QED) is 0.831. The van der Waals surface area contributed by atoms with Crippen molar-refractivity contribution in [3.05, 3.63) is 71.5 Å². The molecule has 0 radical (unpaired) electrons. The highest BCUT2D eigenvalue weighted by Crippen LogP contribution is 2.34. The van der Waals surface area contributed by atoms with Gasteiger partial charge in [0.15, 0.2) is 5.17 Å². The molecule has 124 valence electrons. The van der Waals surface area contributed by atoms with E-state index in [2.05, 4.69) is 4.99 Å². The van der Waals surface area contributed by atoms with Crippen molar-refractivity contribution in [1.82, 2.24) is 4.90 Å². The van der Waals surface area contributed by atoms with Crippen LogP contribution in [0.15, 0.2) is 59.6 Å². The van der Waals surface area contributed by atoms with Crippen LogP contribution in [0, 0.1) is 5.82 Å². The maximum absolute atomic E-state index is 14.0. The molecule has 0 aliphatic carbocycles. The molecule has 1 aliphatic heterocycles. The van der Waals surface area contributed by atoms with E-state index in [1.807, 2.05) is 44.2 Å². The van der Waals surface area contributed by atoms with Crippen LogP contribution in [0.25, 0.3) is 0 Å². The summed E-state index contributed by atoms with van der Waals surface area (Å²) in [5, 5.41) is 0.650. The molecule has 0 bridgehead atoms. The third kappa shape index (κ3) is 3.36. The molecule has 0 unspecified atom stereocenters. The third-order valence-corrected chi connectivity index (χ3v) is 5.32. The Morgan fingerprint density at radius 2 is 1.83 bits per heavy atom. The van der Waals surface area contributed by atoms with Gasteiger partial charge in [-0.1, -0.05) is 54.2 Å². The SMILES string of the molecule is CC1(C)CSC(=NCc2ccccc2)N1C(=O)c1ccccc1F. The van der Waals surface area contributed by atoms with Crippen molar-refractivity contribution < 1.29 is 9.18 Å².